The van der Waals surface area contributed by atoms with Crippen LogP contribution in [0.5, 0.6) is 0 Å². The van der Waals surface area contributed by atoms with Crippen LogP contribution in [0.3, 0.4) is 0 Å². The van der Waals surface area contributed by atoms with E-state index in [4.69, 9.17) is 16.7 Å². The first-order chi connectivity index (χ1) is 14.2. The number of carboxylic acid groups (broad SMARTS) is 1. The van der Waals surface area contributed by atoms with Gasteiger partial charge in [0, 0.05) is 5.56 Å². The molecule has 1 N–H and O–H groups in total. The van der Waals surface area contributed by atoms with E-state index in [0.717, 1.165) is 6.07 Å². The monoisotopic (exact) mass is 469 g/mol. The fraction of sp³-hybridized carbons (Fsp3) is 0.263. The number of hydrogen-bond donors (Lipinski definition) is 1. The van der Waals surface area contributed by atoms with E-state index in [-0.39, 0.29) is 34.5 Å². The fourth-order valence-electron chi connectivity index (χ4n) is 3.17. The van der Waals surface area contributed by atoms with Gasteiger partial charge >= 0.3 is 18.3 Å². The lowest BCUT2D eigenvalue weighted by molar-refractivity contribution is -0.276. The molecule has 31 heavy (non-hydrogen) atoms. The molecule has 12 heteroatoms. The summed E-state index contributed by atoms with van der Waals surface area (Å²) in [6.07, 6.45) is -11.6. The van der Waals surface area contributed by atoms with Crippen molar-refractivity contribution in [2.75, 3.05) is 0 Å². The zero-order valence-corrected chi connectivity index (χ0v) is 16.1. The molecule has 0 radical (unpaired) electrons. The van der Waals surface area contributed by atoms with Crippen LogP contribution in [0, 0.1) is 12.7 Å². The fourth-order valence-corrected chi connectivity index (χ4v) is 3.39. The maximum Gasteiger partial charge on any atom is 0.435 e. The Kier molecular flexibility index (Phi) is 5.45. The lowest BCUT2D eigenvalue weighted by Crippen LogP contribution is -2.43. The van der Waals surface area contributed by atoms with Gasteiger partial charge in [0.1, 0.15) is 5.82 Å². The number of halogens is 8. The Morgan fingerprint density at radius 1 is 1.16 bits per heavy atom. The number of oxime groups is 1. The minimum absolute atomic E-state index is 0.00800. The Hall–Kier alpha value is -2.82. The van der Waals surface area contributed by atoms with E-state index in [9.17, 15) is 35.5 Å². The van der Waals surface area contributed by atoms with Crippen LogP contribution in [0.2, 0.25) is 5.02 Å². The smallest absolute Gasteiger partial charge is 0.435 e. The largest absolute Gasteiger partial charge is 0.478 e. The van der Waals surface area contributed by atoms with Crippen LogP contribution in [-0.2, 0) is 16.6 Å². The van der Waals surface area contributed by atoms with Crippen molar-refractivity contribution in [1.82, 2.24) is 0 Å². The van der Waals surface area contributed by atoms with Crippen LogP contribution in [0.15, 0.2) is 35.5 Å². The van der Waals surface area contributed by atoms with E-state index in [0.29, 0.717) is 0 Å². The quantitative estimate of drug-likeness (QED) is 0.554. The van der Waals surface area contributed by atoms with Crippen LogP contribution in [0.25, 0.3) is 0 Å². The second-order valence-electron chi connectivity index (χ2n) is 6.78. The van der Waals surface area contributed by atoms with Gasteiger partial charge in [-0.1, -0.05) is 22.8 Å². The number of aryl methyl sites for hydroxylation is 1. The van der Waals surface area contributed by atoms with Crippen LogP contribution in [0.4, 0.5) is 30.7 Å². The van der Waals surface area contributed by atoms with E-state index in [1.165, 1.54) is 19.1 Å². The summed E-state index contributed by atoms with van der Waals surface area (Å²) in [7, 11) is 0. The number of rotatable bonds is 3. The molecule has 0 aliphatic carbocycles. The first-order valence-corrected chi connectivity index (χ1v) is 8.78. The van der Waals surface area contributed by atoms with Gasteiger partial charge in [0.05, 0.1) is 28.3 Å². The minimum atomic E-state index is -5.37. The Balaban J connectivity index is 2.12. The van der Waals surface area contributed by atoms with Crippen LogP contribution >= 0.6 is 11.6 Å². The molecule has 2 aromatic carbocycles. The SMILES string of the molecule is Cc1cc(C2=NOC(c3cc(C(F)(F)F)cc(Cl)c3F)(C(F)(F)F)C2)ccc1C(=O)O. The first kappa shape index (κ1) is 22.9. The van der Waals surface area contributed by atoms with Gasteiger partial charge in [0.25, 0.3) is 5.60 Å². The second kappa shape index (κ2) is 7.40. The van der Waals surface area contributed by atoms with Gasteiger partial charge in [-0.25, -0.2) is 9.18 Å². The first-order valence-electron chi connectivity index (χ1n) is 8.40. The van der Waals surface area contributed by atoms with Gasteiger partial charge in [-0.3, -0.25) is 0 Å². The average Bonchev–Trinajstić information content (AvgIpc) is 3.09. The lowest BCUT2D eigenvalue weighted by Gasteiger charge is -2.30. The highest BCUT2D eigenvalue weighted by atomic mass is 35.5. The van der Waals surface area contributed by atoms with Crippen molar-refractivity contribution in [2.45, 2.75) is 31.3 Å². The molecule has 1 atom stereocenters. The van der Waals surface area contributed by atoms with E-state index in [2.05, 4.69) is 9.99 Å². The number of carbonyl (C=O) groups is 1. The molecule has 2 aromatic rings. The Morgan fingerprint density at radius 2 is 1.81 bits per heavy atom. The summed E-state index contributed by atoms with van der Waals surface area (Å²) in [6, 6.07) is 3.69. The minimum Gasteiger partial charge on any atom is -0.478 e. The van der Waals surface area contributed by atoms with Crippen molar-refractivity contribution in [2.24, 2.45) is 5.16 Å². The summed E-state index contributed by atoms with van der Waals surface area (Å²) < 4.78 is 95.9. The molecule has 0 saturated carbocycles. The van der Waals surface area contributed by atoms with Crippen molar-refractivity contribution in [3.63, 3.8) is 0 Å². The van der Waals surface area contributed by atoms with Crippen molar-refractivity contribution in [1.29, 1.82) is 0 Å². The van der Waals surface area contributed by atoms with Crippen molar-refractivity contribution in [3.8, 4) is 0 Å². The van der Waals surface area contributed by atoms with Crippen molar-refractivity contribution in [3.05, 3.63) is 69.0 Å². The normalized spacial score (nSPS) is 19.2. The molecule has 1 heterocycles. The van der Waals surface area contributed by atoms with Crippen molar-refractivity contribution < 1.29 is 45.5 Å². The van der Waals surface area contributed by atoms with Gasteiger partial charge in [0.15, 0.2) is 0 Å². The Labute approximate surface area is 174 Å². The van der Waals surface area contributed by atoms with Gasteiger partial charge in [-0.05, 0) is 42.3 Å². The summed E-state index contributed by atoms with van der Waals surface area (Å²) in [5, 5.41) is 11.2. The number of nitrogens with zero attached hydrogens (tertiary/aromatic N) is 1. The molecule has 0 fully saturated rings. The summed E-state index contributed by atoms with van der Waals surface area (Å²) in [4.78, 5) is 15.7. The third kappa shape index (κ3) is 3.93. The van der Waals surface area contributed by atoms with Crippen LogP contribution in [0.1, 0.15) is 39.0 Å². The number of carboxylic acids is 1. The summed E-state index contributed by atoms with van der Waals surface area (Å²) in [6.45, 7) is 1.40. The highest BCUT2D eigenvalue weighted by molar-refractivity contribution is 6.30. The molecule has 3 rings (SSSR count). The Morgan fingerprint density at radius 3 is 2.32 bits per heavy atom. The molecular formula is C19H11ClF7NO3. The number of alkyl halides is 6. The van der Waals surface area contributed by atoms with Crippen LogP contribution < -0.4 is 0 Å². The summed E-state index contributed by atoms with van der Waals surface area (Å²) in [5.74, 6) is -2.99. The van der Waals surface area contributed by atoms with E-state index in [1.807, 2.05) is 0 Å². The Bertz CT molecular complexity index is 1100. The molecule has 0 saturated heterocycles. The van der Waals surface area contributed by atoms with Gasteiger partial charge in [0.2, 0.25) is 0 Å². The lowest BCUT2D eigenvalue weighted by atomic mass is 9.85. The third-order valence-corrected chi connectivity index (χ3v) is 5.04. The highest BCUT2D eigenvalue weighted by Crippen LogP contribution is 2.51. The molecule has 1 aliphatic rings. The van der Waals surface area contributed by atoms with Crippen molar-refractivity contribution >= 4 is 23.3 Å². The standard InChI is InChI=1S/C19H11ClF7NO3/c1-8-4-9(2-3-11(8)16(29)30)14-7-17(31-28-14,19(25,26)27)12-5-10(18(22,23)24)6-13(20)15(12)21/h2-6H,7H2,1H3,(H,29,30). The summed E-state index contributed by atoms with van der Waals surface area (Å²) in [5.41, 5.74) is -6.84. The van der Waals surface area contributed by atoms with Gasteiger partial charge in [-0.15, -0.1) is 0 Å². The molecule has 0 bridgehead atoms. The molecule has 166 valence electrons. The molecule has 4 nitrogen and oxygen atoms in total. The number of aromatic carboxylic acids is 1. The molecule has 1 unspecified atom stereocenters. The highest BCUT2D eigenvalue weighted by Gasteiger charge is 2.64. The molecule has 0 aromatic heterocycles. The molecule has 1 aliphatic heterocycles. The van der Waals surface area contributed by atoms with Crippen LogP contribution in [-0.4, -0.2) is 23.0 Å². The zero-order chi connectivity index (χ0) is 23.4. The number of benzene rings is 2. The molecular weight excluding hydrogens is 459 g/mol. The summed E-state index contributed by atoms with van der Waals surface area (Å²) >= 11 is 5.45. The van der Waals surface area contributed by atoms with E-state index >= 15 is 0 Å². The van der Waals surface area contributed by atoms with E-state index in [1.54, 1.807) is 0 Å². The zero-order valence-electron chi connectivity index (χ0n) is 15.3. The third-order valence-electron chi connectivity index (χ3n) is 4.77. The molecule has 0 spiro atoms. The van der Waals surface area contributed by atoms with Gasteiger partial charge < -0.3 is 9.94 Å². The maximum atomic E-state index is 14.5. The predicted octanol–water partition coefficient (Wildman–Crippen LogP) is 6.09. The molecule has 0 amide bonds. The predicted molar refractivity (Wildman–Crippen MR) is 94.5 cm³/mol. The average molecular weight is 470 g/mol. The van der Waals surface area contributed by atoms with E-state index < -0.39 is 52.3 Å². The number of hydrogen-bond acceptors (Lipinski definition) is 3. The topological polar surface area (TPSA) is 58.9 Å². The second-order valence-corrected chi connectivity index (χ2v) is 7.19. The van der Waals surface area contributed by atoms with Gasteiger partial charge in [-0.2, -0.15) is 26.3 Å². The maximum absolute atomic E-state index is 14.5.